The van der Waals surface area contributed by atoms with Gasteiger partial charge in [0.15, 0.2) is 17.5 Å². The zero-order valence-corrected chi connectivity index (χ0v) is 17.3. The first-order valence-electron chi connectivity index (χ1n) is 9.61. The molecule has 1 amide bonds. The molecule has 0 unspecified atom stereocenters. The van der Waals surface area contributed by atoms with Crippen LogP contribution in [0, 0.1) is 5.82 Å². The fourth-order valence-corrected chi connectivity index (χ4v) is 3.20. The van der Waals surface area contributed by atoms with E-state index in [2.05, 4.69) is 35.6 Å². The van der Waals surface area contributed by atoms with Crippen LogP contribution in [0.25, 0.3) is 22.4 Å². The highest BCUT2D eigenvalue weighted by Crippen LogP contribution is 2.28. The first-order valence-corrected chi connectivity index (χ1v) is 9.99. The van der Waals surface area contributed by atoms with Crippen LogP contribution < -0.4 is 10.6 Å². The maximum atomic E-state index is 14.3. The predicted molar refractivity (Wildman–Crippen MR) is 116 cm³/mol. The number of hydrogen-bond acceptors (Lipinski definition) is 6. The SMILES string of the molecule is C[C@H](Nc1nc(-c2c[nH]c3ncc(Cl)cc23)ncc1F)C(=O)NCCc1ccccn1. The lowest BCUT2D eigenvalue weighted by Gasteiger charge is -2.15. The second-order valence-corrected chi connectivity index (χ2v) is 7.31. The van der Waals surface area contributed by atoms with Crippen LogP contribution >= 0.6 is 11.6 Å². The Labute approximate surface area is 182 Å². The Morgan fingerprint density at radius 2 is 2.13 bits per heavy atom. The number of amides is 1. The zero-order valence-electron chi connectivity index (χ0n) is 16.6. The van der Waals surface area contributed by atoms with Crippen LogP contribution in [0.3, 0.4) is 0 Å². The van der Waals surface area contributed by atoms with Crippen LogP contribution in [0.5, 0.6) is 0 Å². The number of hydrogen-bond donors (Lipinski definition) is 3. The molecule has 0 saturated carbocycles. The lowest BCUT2D eigenvalue weighted by Crippen LogP contribution is -2.39. The summed E-state index contributed by atoms with van der Waals surface area (Å²) >= 11 is 6.04. The minimum Gasteiger partial charge on any atom is -0.356 e. The Hall–Kier alpha value is -3.59. The Bertz CT molecular complexity index is 1220. The summed E-state index contributed by atoms with van der Waals surface area (Å²) in [6.45, 7) is 2.05. The van der Waals surface area contributed by atoms with E-state index in [9.17, 15) is 9.18 Å². The molecular weight excluding hydrogens is 421 g/mol. The van der Waals surface area contributed by atoms with Crippen molar-refractivity contribution in [3.8, 4) is 11.4 Å². The average molecular weight is 440 g/mol. The molecule has 10 heteroatoms. The minimum absolute atomic E-state index is 0.0679. The fourth-order valence-electron chi connectivity index (χ4n) is 3.04. The number of anilines is 1. The third-order valence-corrected chi connectivity index (χ3v) is 4.84. The summed E-state index contributed by atoms with van der Waals surface area (Å²) in [7, 11) is 0. The highest BCUT2D eigenvalue weighted by atomic mass is 35.5. The summed E-state index contributed by atoms with van der Waals surface area (Å²) < 4.78 is 14.3. The summed E-state index contributed by atoms with van der Waals surface area (Å²) in [5.74, 6) is -0.727. The van der Waals surface area contributed by atoms with Crippen LogP contribution in [0.4, 0.5) is 10.2 Å². The van der Waals surface area contributed by atoms with Crippen molar-refractivity contribution in [3.63, 3.8) is 0 Å². The molecule has 4 rings (SSSR count). The first kappa shape index (κ1) is 20.7. The highest BCUT2D eigenvalue weighted by Gasteiger charge is 2.18. The molecule has 1 atom stereocenters. The molecule has 0 fully saturated rings. The molecular formula is C21H19ClFN7O. The van der Waals surface area contributed by atoms with Crippen molar-refractivity contribution in [2.24, 2.45) is 0 Å². The third kappa shape index (κ3) is 4.77. The maximum absolute atomic E-state index is 14.3. The van der Waals surface area contributed by atoms with Gasteiger partial charge in [-0.2, -0.15) is 0 Å². The van der Waals surface area contributed by atoms with Crippen molar-refractivity contribution in [2.75, 3.05) is 11.9 Å². The van der Waals surface area contributed by atoms with Crippen LogP contribution in [0.15, 0.2) is 49.1 Å². The lowest BCUT2D eigenvalue weighted by atomic mass is 10.2. The van der Waals surface area contributed by atoms with Gasteiger partial charge in [0, 0.05) is 48.2 Å². The van der Waals surface area contributed by atoms with E-state index < -0.39 is 11.9 Å². The number of aromatic nitrogens is 5. The summed E-state index contributed by atoms with van der Waals surface area (Å²) in [5, 5.41) is 6.80. The number of nitrogens with zero attached hydrogens (tertiary/aromatic N) is 4. The number of rotatable bonds is 7. The number of nitrogens with one attached hydrogen (secondary N) is 3. The van der Waals surface area contributed by atoms with Gasteiger partial charge in [0.25, 0.3) is 0 Å². The van der Waals surface area contributed by atoms with Gasteiger partial charge in [-0.1, -0.05) is 17.7 Å². The Kier molecular flexibility index (Phi) is 6.03. The Morgan fingerprint density at radius 1 is 1.26 bits per heavy atom. The topological polar surface area (TPSA) is 108 Å². The molecule has 0 bridgehead atoms. The van der Waals surface area contributed by atoms with E-state index in [0.717, 1.165) is 11.9 Å². The van der Waals surface area contributed by atoms with E-state index in [-0.39, 0.29) is 17.5 Å². The number of pyridine rings is 2. The lowest BCUT2D eigenvalue weighted by molar-refractivity contribution is -0.121. The van der Waals surface area contributed by atoms with Crippen molar-refractivity contribution < 1.29 is 9.18 Å². The molecule has 4 aromatic heterocycles. The molecule has 0 aliphatic rings. The van der Waals surface area contributed by atoms with E-state index in [4.69, 9.17) is 11.6 Å². The van der Waals surface area contributed by atoms with Gasteiger partial charge in [0.05, 0.1) is 11.2 Å². The van der Waals surface area contributed by atoms with E-state index in [1.54, 1.807) is 25.4 Å². The van der Waals surface area contributed by atoms with Crippen LogP contribution in [-0.4, -0.2) is 43.4 Å². The second kappa shape index (κ2) is 9.05. The molecule has 0 aliphatic carbocycles. The third-order valence-electron chi connectivity index (χ3n) is 4.64. The monoisotopic (exact) mass is 439 g/mol. The van der Waals surface area contributed by atoms with Gasteiger partial charge in [-0.25, -0.2) is 19.3 Å². The normalized spacial score (nSPS) is 12.0. The standard InChI is InChI=1S/C21H19ClFN7O/c1-12(21(31)25-7-5-14-4-2-3-6-24-14)29-20-17(23)11-28-19(30-20)16-10-27-18-15(16)8-13(22)9-26-18/h2-4,6,8-12H,5,7H2,1H3,(H,25,31)(H,26,27)(H,28,29,30)/t12-/m0/s1. The summed E-state index contributed by atoms with van der Waals surface area (Å²) in [4.78, 5) is 32.1. The molecule has 8 nitrogen and oxygen atoms in total. The van der Waals surface area contributed by atoms with Crippen molar-refractivity contribution in [3.05, 3.63) is 65.6 Å². The number of carbonyl (C=O) groups is 1. The number of carbonyl (C=O) groups excluding carboxylic acids is 1. The molecule has 31 heavy (non-hydrogen) atoms. The van der Waals surface area contributed by atoms with E-state index in [1.807, 2.05) is 18.2 Å². The number of aromatic amines is 1. The van der Waals surface area contributed by atoms with E-state index in [0.29, 0.717) is 34.6 Å². The summed E-state index contributed by atoms with van der Waals surface area (Å²) in [6, 6.07) is 6.63. The van der Waals surface area contributed by atoms with Crippen LogP contribution in [0.2, 0.25) is 5.02 Å². The Morgan fingerprint density at radius 3 is 2.94 bits per heavy atom. The average Bonchev–Trinajstić information content (AvgIpc) is 3.19. The molecule has 0 spiro atoms. The molecule has 4 heterocycles. The van der Waals surface area contributed by atoms with E-state index in [1.165, 1.54) is 6.20 Å². The Balaban J connectivity index is 1.45. The van der Waals surface area contributed by atoms with Gasteiger partial charge in [0.2, 0.25) is 5.91 Å². The van der Waals surface area contributed by atoms with Gasteiger partial charge in [-0.05, 0) is 25.1 Å². The smallest absolute Gasteiger partial charge is 0.242 e. The molecule has 4 aromatic rings. The predicted octanol–water partition coefficient (Wildman–Crippen LogP) is 3.37. The van der Waals surface area contributed by atoms with Gasteiger partial charge in [-0.3, -0.25) is 9.78 Å². The minimum atomic E-state index is -0.708. The molecule has 0 radical (unpaired) electrons. The van der Waals surface area contributed by atoms with Gasteiger partial charge in [-0.15, -0.1) is 0 Å². The van der Waals surface area contributed by atoms with Crippen molar-refractivity contribution in [1.82, 2.24) is 30.2 Å². The largest absolute Gasteiger partial charge is 0.356 e. The van der Waals surface area contributed by atoms with Crippen LogP contribution in [0.1, 0.15) is 12.6 Å². The first-order chi connectivity index (χ1) is 15.0. The molecule has 158 valence electrons. The molecule has 0 aliphatic heterocycles. The summed E-state index contributed by atoms with van der Waals surface area (Å²) in [6.07, 6.45) is 6.57. The highest BCUT2D eigenvalue weighted by molar-refractivity contribution is 6.31. The molecule has 0 saturated heterocycles. The number of halogens is 2. The number of H-pyrrole nitrogens is 1. The quantitative estimate of drug-likeness (QED) is 0.407. The van der Waals surface area contributed by atoms with E-state index >= 15 is 0 Å². The zero-order chi connectivity index (χ0) is 21.8. The summed E-state index contributed by atoms with van der Waals surface area (Å²) in [5.41, 5.74) is 2.12. The molecule has 0 aromatic carbocycles. The van der Waals surface area contributed by atoms with Crippen molar-refractivity contribution in [2.45, 2.75) is 19.4 Å². The maximum Gasteiger partial charge on any atom is 0.242 e. The van der Waals surface area contributed by atoms with Gasteiger partial charge >= 0.3 is 0 Å². The molecule has 3 N–H and O–H groups in total. The number of fused-ring (bicyclic) bond motifs is 1. The van der Waals surface area contributed by atoms with Gasteiger partial charge < -0.3 is 15.6 Å². The van der Waals surface area contributed by atoms with Crippen molar-refractivity contribution in [1.29, 1.82) is 0 Å². The second-order valence-electron chi connectivity index (χ2n) is 6.87. The van der Waals surface area contributed by atoms with Crippen LogP contribution in [-0.2, 0) is 11.2 Å². The van der Waals surface area contributed by atoms with Gasteiger partial charge in [0.1, 0.15) is 11.7 Å². The fraction of sp³-hybridized carbons (Fsp3) is 0.190. The van der Waals surface area contributed by atoms with Crippen molar-refractivity contribution >= 4 is 34.4 Å².